The normalized spacial score (nSPS) is 21.0. The van der Waals surface area contributed by atoms with E-state index in [1.54, 1.807) is 6.07 Å². The van der Waals surface area contributed by atoms with Gasteiger partial charge in [-0.15, -0.1) is 0 Å². The Bertz CT molecular complexity index is 336. The van der Waals surface area contributed by atoms with Crippen LogP contribution in [0.4, 0.5) is 8.78 Å². The highest BCUT2D eigenvalue weighted by atomic mass is 19.3. The van der Waals surface area contributed by atoms with Crippen LogP contribution in [0.1, 0.15) is 29.5 Å². The maximum Gasteiger partial charge on any atom is 0.264 e. The Morgan fingerprint density at radius 3 is 2.86 bits per heavy atom. The van der Waals surface area contributed by atoms with Crippen LogP contribution in [-0.4, -0.2) is 6.04 Å². The molecule has 1 aromatic rings. The van der Waals surface area contributed by atoms with Gasteiger partial charge in [0.05, 0.1) is 0 Å². The molecule has 0 amide bonds. The number of nitrogens with two attached hydrogens (primary N) is 1. The molecule has 1 aliphatic rings. The molecule has 1 aliphatic carbocycles. The predicted molar refractivity (Wildman–Crippen MR) is 51.4 cm³/mol. The van der Waals surface area contributed by atoms with Crippen LogP contribution in [0.2, 0.25) is 0 Å². The number of alkyl halides is 2. The Hall–Kier alpha value is -0.960. The Morgan fingerprint density at radius 2 is 2.14 bits per heavy atom. The van der Waals surface area contributed by atoms with Gasteiger partial charge in [-0.25, -0.2) is 8.78 Å². The zero-order valence-electron chi connectivity index (χ0n) is 7.84. The molecular weight excluding hydrogens is 184 g/mol. The van der Waals surface area contributed by atoms with Crippen molar-refractivity contribution in [1.82, 2.24) is 0 Å². The summed E-state index contributed by atoms with van der Waals surface area (Å²) < 4.78 is 25.2. The summed E-state index contributed by atoms with van der Waals surface area (Å²) in [4.78, 5) is 0. The molecule has 0 saturated heterocycles. The molecule has 14 heavy (non-hydrogen) atoms. The summed E-state index contributed by atoms with van der Waals surface area (Å²) in [6.07, 6.45) is -0.122. The fraction of sp³-hybridized carbons (Fsp3) is 0.455. The summed E-state index contributed by atoms with van der Waals surface area (Å²) in [5.41, 5.74) is 7.80. The fourth-order valence-corrected chi connectivity index (χ4v) is 2.07. The third kappa shape index (κ3) is 1.64. The number of hydrogen-bond acceptors (Lipinski definition) is 1. The lowest BCUT2D eigenvalue weighted by Gasteiger charge is -2.23. The first-order valence-electron chi connectivity index (χ1n) is 4.83. The molecule has 0 saturated carbocycles. The second-order valence-corrected chi connectivity index (χ2v) is 3.79. The first kappa shape index (κ1) is 9.59. The number of benzene rings is 1. The zero-order chi connectivity index (χ0) is 10.1. The van der Waals surface area contributed by atoms with Crippen LogP contribution in [0, 0.1) is 0 Å². The van der Waals surface area contributed by atoms with E-state index in [2.05, 4.69) is 0 Å². The number of fused-ring (bicyclic) bond motifs is 1. The van der Waals surface area contributed by atoms with E-state index in [0.29, 0.717) is 6.42 Å². The monoisotopic (exact) mass is 197 g/mol. The minimum atomic E-state index is -2.36. The van der Waals surface area contributed by atoms with Gasteiger partial charge in [-0.1, -0.05) is 18.2 Å². The van der Waals surface area contributed by atoms with Crippen molar-refractivity contribution in [3.63, 3.8) is 0 Å². The minimum Gasteiger partial charge on any atom is -0.327 e. The third-order valence-electron chi connectivity index (χ3n) is 2.79. The summed E-state index contributed by atoms with van der Waals surface area (Å²) in [7, 11) is 0. The molecular formula is C11H13F2N. The van der Waals surface area contributed by atoms with Gasteiger partial charge in [-0.05, 0) is 30.4 Å². The van der Waals surface area contributed by atoms with E-state index < -0.39 is 6.43 Å². The number of halogens is 2. The summed E-state index contributed by atoms with van der Waals surface area (Å²) in [5.74, 6) is 0. The standard InChI is InChI=1S/C11H13F2N/c12-11(13)10-3-1-2-7-6-8(14)4-5-9(7)10/h1-3,8,11H,4-6,14H2/t8-/m0/s1. The second-order valence-electron chi connectivity index (χ2n) is 3.79. The van der Waals surface area contributed by atoms with Crippen LogP contribution in [0.3, 0.4) is 0 Å². The molecule has 0 aromatic heterocycles. The molecule has 1 nitrogen and oxygen atoms in total. The van der Waals surface area contributed by atoms with Crippen LogP contribution in [0.15, 0.2) is 18.2 Å². The maximum atomic E-state index is 12.6. The van der Waals surface area contributed by atoms with E-state index in [4.69, 9.17) is 5.73 Å². The van der Waals surface area contributed by atoms with Gasteiger partial charge in [0.25, 0.3) is 6.43 Å². The molecule has 2 rings (SSSR count). The molecule has 0 aliphatic heterocycles. The molecule has 0 heterocycles. The molecule has 1 atom stereocenters. The molecule has 0 bridgehead atoms. The van der Waals surface area contributed by atoms with E-state index >= 15 is 0 Å². The minimum absolute atomic E-state index is 0.135. The van der Waals surface area contributed by atoms with Gasteiger partial charge in [0.15, 0.2) is 0 Å². The zero-order valence-corrected chi connectivity index (χ0v) is 7.84. The Morgan fingerprint density at radius 1 is 1.36 bits per heavy atom. The number of hydrogen-bond donors (Lipinski definition) is 1. The Kier molecular flexibility index (Phi) is 2.50. The summed E-state index contributed by atoms with van der Waals surface area (Å²) >= 11 is 0. The maximum absolute atomic E-state index is 12.6. The van der Waals surface area contributed by atoms with Gasteiger partial charge >= 0.3 is 0 Å². The average molecular weight is 197 g/mol. The van der Waals surface area contributed by atoms with E-state index in [0.717, 1.165) is 24.0 Å². The average Bonchev–Trinajstić information content (AvgIpc) is 2.16. The quantitative estimate of drug-likeness (QED) is 0.735. The highest BCUT2D eigenvalue weighted by molar-refractivity contribution is 5.38. The first-order valence-corrected chi connectivity index (χ1v) is 4.83. The summed E-state index contributed by atoms with van der Waals surface area (Å²) in [6.45, 7) is 0. The lowest BCUT2D eigenvalue weighted by molar-refractivity contribution is 0.149. The third-order valence-corrected chi connectivity index (χ3v) is 2.79. The lowest BCUT2D eigenvalue weighted by atomic mass is 9.86. The Labute approximate surface area is 81.9 Å². The van der Waals surface area contributed by atoms with Crippen molar-refractivity contribution >= 4 is 0 Å². The molecule has 2 N–H and O–H groups in total. The van der Waals surface area contributed by atoms with Crippen LogP contribution in [0.25, 0.3) is 0 Å². The van der Waals surface area contributed by atoms with Gasteiger partial charge in [-0.3, -0.25) is 0 Å². The molecule has 3 heteroatoms. The fourth-order valence-electron chi connectivity index (χ4n) is 2.07. The molecule has 1 aromatic carbocycles. The summed E-state index contributed by atoms with van der Waals surface area (Å²) in [5, 5.41) is 0. The Balaban J connectivity index is 2.41. The second kappa shape index (κ2) is 3.65. The number of rotatable bonds is 1. The van der Waals surface area contributed by atoms with Gasteiger partial charge in [0.2, 0.25) is 0 Å². The molecule has 76 valence electrons. The van der Waals surface area contributed by atoms with E-state index in [1.165, 1.54) is 6.07 Å². The highest BCUT2D eigenvalue weighted by Crippen LogP contribution is 2.30. The lowest BCUT2D eigenvalue weighted by Crippen LogP contribution is -2.28. The summed E-state index contributed by atoms with van der Waals surface area (Å²) in [6, 6.07) is 5.24. The van der Waals surface area contributed by atoms with Crippen LogP contribution in [-0.2, 0) is 12.8 Å². The van der Waals surface area contributed by atoms with Gasteiger partial charge in [-0.2, -0.15) is 0 Å². The van der Waals surface area contributed by atoms with Crippen molar-refractivity contribution in [2.45, 2.75) is 31.7 Å². The van der Waals surface area contributed by atoms with Gasteiger partial charge < -0.3 is 5.73 Å². The molecule has 0 fully saturated rings. The van der Waals surface area contributed by atoms with Crippen molar-refractivity contribution < 1.29 is 8.78 Å². The van der Waals surface area contributed by atoms with Gasteiger partial charge in [0, 0.05) is 11.6 Å². The highest BCUT2D eigenvalue weighted by Gasteiger charge is 2.21. The van der Waals surface area contributed by atoms with Crippen molar-refractivity contribution in [3.05, 3.63) is 34.9 Å². The largest absolute Gasteiger partial charge is 0.327 e. The SMILES string of the molecule is N[C@H]1CCc2c(cccc2C(F)F)C1. The van der Waals surface area contributed by atoms with Crippen LogP contribution < -0.4 is 5.73 Å². The van der Waals surface area contributed by atoms with Crippen molar-refractivity contribution in [2.75, 3.05) is 0 Å². The first-order chi connectivity index (χ1) is 6.68. The molecule has 0 unspecified atom stereocenters. The van der Waals surface area contributed by atoms with E-state index in [1.807, 2.05) is 6.07 Å². The van der Waals surface area contributed by atoms with Crippen LogP contribution in [0.5, 0.6) is 0 Å². The van der Waals surface area contributed by atoms with Crippen molar-refractivity contribution in [2.24, 2.45) is 5.73 Å². The molecule has 0 radical (unpaired) electrons. The topological polar surface area (TPSA) is 26.0 Å². The van der Waals surface area contributed by atoms with Crippen molar-refractivity contribution in [3.8, 4) is 0 Å². The smallest absolute Gasteiger partial charge is 0.264 e. The van der Waals surface area contributed by atoms with Gasteiger partial charge in [0.1, 0.15) is 0 Å². The van der Waals surface area contributed by atoms with E-state index in [9.17, 15) is 8.78 Å². The van der Waals surface area contributed by atoms with Crippen LogP contribution >= 0.6 is 0 Å². The molecule has 0 spiro atoms. The van der Waals surface area contributed by atoms with Crippen molar-refractivity contribution in [1.29, 1.82) is 0 Å². The van der Waals surface area contributed by atoms with E-state index in [-0.39, 0.29) is 11.6 Å². The predicted octanol–water partition coefficient (Wildman–Crippen LogP) is 2.44.